The molecule has 1 amide bonds. The Kier molecular flexibility index (Phi) is 8.23. The summed E-state index contributed by atoms with van der Waals surface area (Å²) in [6, 6.07) is 11.8. The van der Waals surface area contributed by atoms with Crippen molar-refractivity contribution in [3.63, 3.8) is 0 Å². The fraction of sp³-hybridized carbons (Fsp3) is 0.364. The second kappa shape index (κ2) is 10.8. The Hall–Kier alpha value is -3.20. The number of rotatable bonds is 8. The third-order valence-electron chi connectivity index (χ3n) is 5.79. The Morgan fingerprint density at radius 3 is 2.03 bits per heavy atom. The number of hydrogen-bond acceptors (Lipinski definition) is 9. The topological polar surface area (TPSA) is 134 Å². The summed E-state index contributed by atoms with van der Waals surface area (Å²) >= 11 is 0. The van der Waals surface area contributed by atoms with Gasteiger partial charge in [0.2, 0.25) is 9.84 Å². The molecule has 0 spiro atoms. The Morgan fingerprint density at radius 2 is 1.56 bits per heavy atom. The van der Waals surface area contributed by atoms with Gasteiger partial charge in [0.25, 0.3) is 5.91 Å². The third-order valence-corrected chi connectivity index (χ3v) is 7.58. The summed E-state index contributed by atoms with van der Waals surface area (Å²) in [7, 11) is -2.30. The number of halogens is 3. The molecule has 0 unspecified atom stereocenters. The van der Waals surface area contributed by atoms with Crippen LogP contribution in [0.3, 0.4) is 0 Å². The minimum Gasteiger partial charge on any atom is -0.497 e. The number of methoxy groups -OCH3 is 1. The Labute approximate surface area is 204 Å². The van der Waals surface area contributed by atoms with Gasteiger partial charge in [-0.2, -0.15) is 13.2 Å². The summed E-state index contributed by atoms with van der Waals surface area (Å²) in [5, 5.41) is 13.0. The van der Waals surface area contributed by atoms with Gasteiger partial charge < -0.3 is 9.57 Å². The largest absolute Gasteiger partial charge is 0.497 e. The maximum absolute atomic E-state index is 12.9. The fourth-order valence-corrected chi connectivity index (χ4v) is 4.93. The van der Waals surface area contributed by atoms with Gasteiger partial charge in [-0.3, -0.25) is 15.3 Å². The molecular weight excluding hydrogens is 507 g/mol. The highest BCUT2D eigenvalue weighted by molar-refractivity contribution is 7.91. The summed E-state index contributed by atoms with van der Waals surface area (Å²) in [4.78, 5) is 27.9. The standard InChI is InChI=1S/C22H24F3N3O7S/c1-34-16-4-8-18(9-5-16)36(32,33)17-6-2-15(3-7-17)14-26-21(19(29)27-31)10-12-28(13-11-21)35-20(30)22(23,24)25/h2-9,26,31H,10-14H2,1H3,(H,27,29). The molecule has 0 aromatic heterocycles. The number of hydroxylamine groups is 3. The van der Waals surface area contributed by atoms with Crippen LogP contribution in [0.5, 0.6) is 5.75 Å². The monoisotopic (exact) mass is 531 g/mol. The van der Waals surface area contributed by atoms with Crippen molar-refractivity contribution < 1.29 is 46.0 Å². The molecule has 3 N–H and O–H groups in total. The SMILES string of the molecule is COc1ccc(S(=O)(=O)c2ccc(CNC3(C(=O)NO)CCN(OC(=O)C(F)(F)F)CC3)cc2)cc1. The summed E-state index contributed by atoms with van der Waals surface area (Å²) in [5.41, 5.74) is 0.804. The quantitative estimate of drug-likeness (QED) is 0.345. The van der Waals surface area contributed by atoms with Crippen LogP contribution in [0.2, 0.25) is 0 Å². The second-order valence-corrected chi connectivity index (χ2v) is 9.95. The highest BCUT2D eigenvalue weighted by Crippen LogP contribution is 2.27. The van der Waals surface area contributed by atoms with E-state index in [4.69, 9.17) is 4.74 Å². The number of sulfone groups is 1. The van der Waals surface area contributed by atoms with Gasteiger partial charge >= 0.3 is 12.1 Å². The molecule has 196 valence electrons. The molecule has 0 radical (unpaired) electrons. The number of nitrogens with one attached hydrogen (secondary N) is 2. The average molecular weight is 532 g/mol. The minimum atomic E-state index is -5.15. The van der Waals surface area contributed by atoms with Crippen LogP contribution in [0.1, 0.15) is 18.4 Å². The number of piperidine rings is 1. The molecule has 0 saturated carbocycles. The number of ether oxygens (including phenoxy) is 1. The van der Waals surface area contributed by atoms with E-state index in [1.807, 2.05) is 0 Å². The molecule has 1 fully saturated rings. The molecule has 1 heterocycles. The van der Waals surface area contributed by atoms with E-state index in [2.05, 4.69) is 10.2 Å². The van der Waals surface area contributed by atoms with Crippen molar-refractivity contribution in [1.82, 2.24) is 15.9 Å². The smallest absolute Gasteiger partial charge is 0.492 e. The van der Waals surface area contributed by atoms with Crippen molar-refractivity contribution in [3.8, 4) is 5.75 Å². The zero-order valence-corrected chi connectivity index (χ0v) is 19.9. The number of amides is 1. The average Bonchev–Trinajstić information content (AvgIpc) is 2.87. The fourth-order valence-electron chi connectivity index (χ4n) is 3.67. The molecule has 1 aliphatic heterocycles. The van der Waals surface area contributed by atoms with Gasteiger partial charge in [-0.15, -0.1) is 5.06 Å². The molecule has 1 saturated heterocycles. The molecular formula is C22H24F3N3O7S. The minimum absolute atomic E-state index is 0.0546. The van der Waals surface area contributed by atoms with E-state index < -0.39 is 33.4 Å². The molecule has 10 nitrogen and oxygen atoms in total. The lowest BCUT2D eigenvalue weighted by Gasteiger charge is -2.39. The summed E-state index contributed by atoms with van der Waals surface area (Å²) < 4.78 is 68.0. The predicted molar refractivity (Wildman–Crippen MR) is 117 cm³/mol. The van der Waals surface area contributed by atoms with E-state index >= 15 is 0 Å². The third kappa shape index (κ3) is 6.13. The normalized spacial score (nSPS) is 16.2. The Bertz CT molecular complexity index is 1180. The van der Waals surface area contributed by atoms with Gasteiger partial charge in [-0.1, -0.05) is 12.1 Å². The summed E-state index contributed by atoms with van der Waals surface area (Å²) in [6.45, 7) is -0.304. The molecule has 1 aliphatic rings. The number of carbonyl (C=O) groups excluding carboxylic acids is 2. The van der Waals surface area contributed by atoms with Gasteiger partial charge in [0.1, 0.15) is 11.3 Å². The molecule has 36 heavy (non-hydrogen) atoms. The highest BCUT2D eigenvalue weighted by Gasteiger charge is 2.46. The van der Waals surface area contributed by atoms with E-state index in [0.717, 1.165) is 5.06 Å². The lowest BCUT2D eigenvalue weighted by Crippen LogP contribution is -2.61. The molecule has 2 aromatic rings. The first-order valence-electron chi connectivity index (χ1n) is 10.6. The van der Waals surface area contributed by atoms with E-state index in [-0.39, 0.29) is 42.3 Å². The first-order valence-corrected chi connectivity index (χ1v) is 12.1. The first kappa shape index (κ1) is 27.4. The van der Waals surface area contributed by atoms with E-state index in [1.165, 1.54) is 43.5 Å². The zero-order valence-electron chi connectivity index (χ0n) is 19.0. The zero-order chi connectivity index (χ0) is 26.6. The van der Waals surface area contributed by atoms with Gasteiger partial charge in [-0.05, 0) is 54.8 Å². The maximum Gasteiger partial charge on any atom is 0.492 e. The summed E-state index contributed by atoms with van der Waals surface area (Å²) in [5.74, 6) is -2.65. The van der Waals surface area contributed by atoms with E-state index in [9.17, 15) is 36.4 Å². The van der Waals surface area contributed by atoms with Gasteiger partial charge in [0, 0.05) is 19.6 Å². The Morgan fingerprint density at radius 1 is 1.03 bits per heavy atom. The van der Waals surface area contributed by atoms with Gasteiger partial charge in [0.15, 0.2) is 0 Å². The Balaban J connectivity index is 1.66. The molecule has 2 aromatic carbocycles. The first-order chi connectivity index (χ1) is 16.9. The number of alkyl halides is 3. The van der Waals surface area contributed by atoms with Crippen molar-refractivity contribution in [2.24, 2.45) is 0 Å². The molecule has 0 bridgehead atoms. The van der Waals surface area contributed by atoms with Gasteiger partial charge in [-0.25, -0.2) is 18.7 Å². The van der Waals surface area contributed by atoms with Crippen molar-refractivity contribution >= 4 is 21.7 Å². The number of carbonyl (C=O) groups is 2. The second-order valence-electron chi connectivity index (χ2n) is 8.01. The lowest BCUT2D eigenvalue weighted by molar-refractivity contribution is -0.243. The lowest BCUT2D eigenvalue weighted by atomic mass is 9.87. The van der Waals surface area contributed by atoms with Crippen molar-refractivity contribution in [2.75, 3.05) is 20.2 Å². The van der Waals surface area contributed by atoms with Crippen molar-refractivity contribution in [1.29, 1.82) is 0 Å². The van der Waals surface area contributed by atoms with Crippen LogP contribution in [0.15, 0.2) is 58.3 Å². The van der Waals surface area contributed by atoms with E-state index in [0.29, 0.717) is 11.3 Å². The van der Waals surface area contributed by atoms with Crippen LogP contribution >= 0.6 is 0 Å². The molecule has 0 aliphatic carbocycles. The van der Waals surface area contributed by atoms with Gasteiger partial charge in [0.05, 0.1) is 16.9 Å². The van der Waals surface area contributed by atoms with Crippen molar-refractivity contribution in [2.45, 2.75) is 40.9 Å². The molecule has 0 atom stereocenters. The number of nitrogens with zero attached hydrogens (tertiary/aromatic N) is 1. The van der Waals surface area contributed by atoms with Crippen LogP contribution in [-0.4, -0.2) is 62.5 Å². The van der Waals surface area contributed by atoms with E-state index in [1.54, 1.807) is 17.6 Å². The maximum atomic E-state index is 12.9. The number of benzene rings is 2. The van der Waals surface area contributed by atoms with Crippen LogP contribution in [0, 0.1) is 0 Å². The van der Waals surface area contributed by atoms with Crippen LogP contribution in [0.4, 0.5) is 13.2 Å². The molecule has 3 rings (SSSR count). The highest BCUT2D eigenvalue weighted by atomic mass is 32.2. The predicted octanol–water partition coefficient (Wildman–Crippen LogP) is 1.98. The van der Waals surface area contributed by atoms with Crippen molar-refractivity contribution in [3.05, 3.63) is 54.1 Å². The van der Waals surface area contributed by atoms with Crippen LogP contribution in [0.25, 0.3) is 0 Å². The summed E-state index contributed by atoms with van der Waals surface area (Å²) in [6.07, 6.45) is -5.30. The number of hydrogen-bond donors (Lipinski definition) is 3. The van der Waals surface area contributed by atoms with Crippen LogP contribution < -0.4 is 15.5 Å². The molecule has 14 heteroatoms. The van der Waals surface area contributed by atoms with Crippen LogP contribution in [-0.2, 0) is 30.8 Å².